The van der Waals surface area contributed by atoms with Crippen molar-refractivity contribution < 1.29 is 4.42 Å². The van der Waals surface area contributed by atoms with Crippen LogP contribution in [0.2, 0.25) is 5.02 Å². The first kappa shape index (κ1) is 24.3. The summed E-state index contributed by atoms with van der Waals surface area (Å²) < 4.78 is 6.64. The second-order valence-electron chi connectivity index (χ2n) is 8.57. The van der Waals surface area contributed by atoms with E-state index in [0.29, 0.717) is 16.7 Å². The third-order valence-corrected chi connectivity index (χ3v) is 6.87. The van der Waals surface area contributed by atoms with Gasteiger partial charge >= 0.3 is 0 Å². The lowest BCUT2D eigenvalue weighted by Crippen LogP contribution is -2.43. The molecule has 0 aliphatic heterocycles. The average molecular weight is 480 g/mol. The Kier molecular flexibility index (Phi) is 7.31. The molecule has 2 unspecified atom stereocenters. The fourth-order valence-corrected chi connectivity index (χ4v) is 4.82. The summed E-state index contributed by atoms with van der Waals surface area (Å²) in [5, 5.41) is 14.4. The molecule has 2 aliphatic rings. The van der Waals surface area contributed by atoms with E-state index in [-0.39, 0.29) is 0 Å². The Morgan fingerprint density at radius 1 is 0.971 bits per heavy atom. The van der Waals surface area contributed by atoms with Gasteiger partial charge in [0.2, 0.25) is 5.89 Å². The number of benzene rings is 1. The molecule has 180 valence electrons. The normalized spacial score (nSPS) is 24.0. The van der Waals surface area contributed by atoms with Gasteiger partial charge in [0.05, 0.1) is 10.6 Å². The van der Waals surface area contributed by atoms with E-state index in [9.17, 15) is 0 Å². The lowest BCUT2D eigenvalue weighted by atomic mass is 9.85. The van der Waals surface area contributed by atoms with Crippen LogP contribution in [0.4, 0.5) is 0 Å². The maximum atomic E-state index is 6.65. The van der Waals surface area contributed by atoms with E-state index in [0.717, 1.165) is 48.6 Å². The molecule has 1 heterocycles. The molecule has 0 fully saturated rings. The highest BCUT2D eigenvalue weighted by atomic mass is 35.5. The van der Waals surface area contributed by atoms with Crippen molar-refractivity contribution in [2.45, 2.75) is 37.8 Å². The number of hydrogen-bond donors (Lipinski definition) is 4. The van der Waals surface area contributed by atoms with Crippen LogP contribution in [0.5, 0.6) is 0 Å². The first-order chi connectivity index (χ1) is 16.5. The largest absolute Gasteiger partial charge is 0.438 e. The zero-order valence-electron chi connectivity index (χ0n) is 20.3. The quantitative estimate of drug-likeness (QED) is 0.416. The van der Waals surface area contributed by atoms with Crippen molar-refractivity contribution >= 4 is 11.6 Å². The van der Waals surface area contributed by atoms with Crippen LogP contribution in [-0.4, -0.2) is 32.2 Å². The van der Waals surface area contributed by atoms with Gasteiger partial charge in [-0.25, -0.2) is 4.98 Å². The summed E-state index contributed by atoms with van der Waals surface area (Å²) in [6.45, 7) is 5.85. The van der Waals surface area contributed by atoms with Crippen molar-refractivity contribution in [3.05, 3.63) is 88.7 Å². The van der Waals surface area contributed by atoms with E-state index in [1.165, 1.54) is 0 Å². The molecule has 4 N–H and O–H groups in total. The Balaban J connectivity index is 1.87. The molecule has 0 bridgehead atoms. The fraction of sp³-hybridized carbons (Fsp3) is 0.370. The predicted molar refractivity (Wildman–Crippen MR) is 139 cm³/mol. The SMILES string of the molecule is CCNC1=CCC(NCC)(c2nc(C3(NC)C=CC(NC)=CC3)c(-c3ccccc3Cl)o2)C=C1. The Morgan fingerprint density at radius 2 is 1.68 bits per heavy atom. The van der Waals surface area contributed by atoms with Gasteiger partial charge in [-0.15, -0.1) is 0 Å². The molecule has 2 aliphatic carbocycles. The number of hydrogen-bond acceptors (Lipinski definition) is 6. The minimum Gasteiger partial charge on any atom is -0.438 e. The first-order valence-electron chi connectivity index (χ1n) is 11.9. The van der Waals surface area contributed by atoms with Crippen LogP contribution in [0.1, 0.15) is 38.3 Å². The van der Waals surface area contributed by atoms with Crippen molar-refractivity contribution in [2.24, 2.45) is 0 Å². The maximum Gasteiger partial charge on any atom is 0.219 e. The molecule has 0 saturated heterocycles. The molecular weight excluding hydrogens is 446 g/mol. The summed E-state index contributed by atoms with van der Waals surface area (Å²) in [6.07, 6.45) is 14.3. The number of halogens is 1. The van der Waals surface area contributed by atoms with Gasteiger partial charge in [-0.1, -0.05) is 55.0 Å². The molecule has 7 heteroatoms. The molecular formula is C27H34ClN5O. The average Bonchev–Trinajstić information content (AvgIpc) is 3.32. The van der Waals surface area contributed by atoms with Crippen LogP contribution in [0.25, 0.3) is 11.3 Å². The number of nitrogens with one attached hydrogen (secondary N) is 4. The standard InChI is InChI=1S/C27H34ClN5O/c1-5-31-20-13-17-27(18-14-20,32-6-2)25-33-24(23(34-25)21-9-7-8-10-22(21)28)26(30-4)15-11-19(29-3)12-16-26/h7-15,17,29-32H,5-6,16,18H2,1-4H3. The topological polar surface area (TPSA) is 74.2 Å². The van der Waals surface area contributed by atoms with Gasteiger partial charge in [0, 0.05) is 30.5 Å². The summed E-state index contributed by atoms with van der Waals surface area (Å²) >= 11 is 6.65. The number of likely N-dealkylation sites (N-methyl/N-ethyl adjacent to an activating group) is 4. The Labute approximate surface area is 207 Å². The van der Waals surface area contributed by atoms with Crippen molar-refractivity contribution in [2.75, 3.05) is 27.2 Å². The zero-order chi connectivity index (χ0) is 24.2. The number of rotatable bonds is 9. The fourth-order valence-electron chi connectivity index (χ4n) is 4.60. The van der Waals surface area contributed by atoms with Gasteiger partial charge < -0.3 is 25.7 Å². The van der Waals surface area contributed by atoms with Gasteiger partial charge in [-0.05, 0) is 57.6 Å². The summed E-state index contributed by atoms with van der Waals surface area (Å²) in [5.41, 5.74) is 2.79. The molecule has 1 aromatic carbocycles. The van der Waals surface area contributed by atoms with Crippen molar-refractivity contribution in [1.82, 2.24) is 26.3 Å². The second kappa shape index (κ2) is 10.2. The number of nitrogens with zero attached hydrogens (tertiary/aromatic N) is 1. The lowest BCUT2D eigenvalue weighted by Gasteiger charge is -2.32. The molecule has 2 atom stereocenters. The highest BCUT2D eigenvalue weighted by molar-refractivity contribution is 6.33. The maximum absolute atomic E-state index is 6.65. The molecule has 6 nitrogen and oxygen atoms in total. The Hall–Kier alpha value is -2.80. The van der Waals surface area contributed by atoms with Crippen LogP contribution in [0.3, 0.4) is 0 Å². The second-order valence-corrected chi connectivity index (χ2v) is 8.98. The Morgan fingerprint density at radius 3 is 2.26 bits per heavy atom. The molecule has 2 aromatic rings. The van der Waals surface area contributed by atoms with Crippen LogP contribution in [-0.2, 0) is 11.1 Å². The summed E-state index contributed by atoms with van der Waals surface area (Å²) in [5.74, 6) is 1.32. The minimum atomic E-state index is -0.540. The van der Waals surface area contributed by atoms with Crippen LogP contribution >= 0.6 is 11.6 Å². The van der Waals surface area contributed by atoms with Crippen LogP contribution < -0.4 is 21.3 Å². The number of oxazole rings is 1. The summed E-state index contributed by atoms with van der Waals surface area (Å²) in [4.78, 5) is 5.18. The van der Waals surface area contributed by atoms with Gasteiger partial charge in [-0.3, -0.25) is 0 Å². The highest BCUT2D eigenvalue weighted by Crippen LogP contribution is 2.43. The van der Waals surface area contributed by atoms with Crippen LogP contribution in [0.15, 0.2) is 76.5 Å². The molecule has 34 heavy (non-hydrogen) atoms. The van der Waals surface area contributed by atoms with Gasteiger partial charge in [0.1, 0.15) is 11.2 Å². The zero-order valence-corrected chi connectivity index (χ0v) is 21.1. The van der Waals surface area contributed by atoms with Crippen LogP contribution in [0, 0.1) is 0 Å². The lowest BCUT2D eigenvalue weighted by molar-refractivity contribution is 0.326. The first-order valence-corrected chi connectivity index (χ1v) is 12.3. The van der Waals surface area contributed by atoms with Gasteiger partial charge in [-0.2, -0.15) is 0 Å². The number of aromatic nitrogens is 1. The summed E-state index contributed by atoms with van der Waals surface area (Å²) in [7, 11) is 3.88. The summed E-state index contributed by atoms with van der Waals surface area (Å²) in [6, 6.07) is 7.77. The van der Waals surface area contributed by atoms with E-state index in [4.69, 9.17) is 21.0 Å². The van der Waals surface area contributed by atoms with E-state index in [1.807, 2.05) is 38.4 Å². The molecule has 0 radical (unpaired) electrons. The smallest absolute Gasteiger partial charge is 0.219 e. The van der Waals surface area contributed by atoms with Gasteiger partial charge in [0.15, 0.2) is 5.76 Å². The highest BCUT2D eigenvalue weighted by Gasteiger charge is 2.41. The van der Waals surface area contributed by atoms with E-state index in [1.54, 1.807) is 0 Å². The van der Waals surface area contributed by atoms with Crippen molar-refractivity contribution in [1.29, 1.82) is 0 Å². The Bertz CT molecular complexity index is 1150. The monoisotopic (exact) mass is 479 g/mol. The third-order valence-electron chi connectivity index (χ3n) is 6.54. The third kappa shape index (κ3) is 4.45. The van der Waals surface area contributed by atoms with E-state index in [2.05, 4.69) is 71.6 Å². The van der Waals surface area contributed by atoms with E-state index >= 15 is 0 Å². The van der Waals surface area contributed by atoms with Gasteiger partial charge in [0.25, 0.3) is 0 Å². The molecule has 0 spiro atoms. The van der Waals surface area contributed by atoms with Crippen molar-refractivity contribution in [3.63, 3.8) is 0 Å². The van der Waals surface area contributed by atoms with Crippen molar-refractivity contribution in [3.8, 4) is 11.3 Å². The molecule has 0 saturated carbocycles. The molecule has 0 amide bonds. The molecule has 1 aromatic heterocycles. The van der Waals surface area contributed by atoms with E-state index < -0.39 is 11.1 Å². The molecule has 4 rings (SSSR count). The number of allylic oxidation sites excluding steroid dienone is 2. The minimum absolute atomic E-state index is 0.521. The predicted octanol–water partition coefficient (Wildman–Crippen LogP) is 4.73.